The zero-order valence-electron chi connectivity index (χ0n) is 16.5. The van der Waals surface area contributed by atoms with Gasteiger partial charge in [0.2, 0.25) is 10.0 Å². The van der Waals surface area contributed by atoms with Crippen LogP contribution in [0, 0.1) is 0 Å². The normalized spacial score (nSPS) is 11.5. The van der Waals surface area contributed by atoms with E-state index in [1.807, 2.05) is 18.2 Å². The molecule has 0 aromatic heterocycles. The standard InChI is InChI=1S/C20H29N3O3S.ClH/c1-22(2)27(24,25)20-10-8-19(9-11-20)26-17-16-23(15-13-21)14-12-18-6-4-3-5-7-18;/h3-11H,12-17,21H2,1-2H3;1H. The lowest BCUT2D eigenvalue weighted by Gasteiger charge is -2.21. The molecule has 0 aliphatic rings. The first kappa shape index (κ1) is 24.4. The molecule has 0 saturated heterocycles. The van der Waals surface area contributed by atoms with Crippen LogP contribution in [0.25, 0.3) is 0 Å². The minimum Gasteiger partial charge on any atom is -0.492 e. The van der Waals surface area contributed by atoms with Gasteiger partial charge in [-0.05, 0) is 36.2 Å². The molecule has 0 aliphatic carbocycles. The Kier molecular flexibility index (Phi) is 10.5. The van der Waals surface area contributed by atoms with Crippen LogP contribution in [0.4, 0.5) is 0 Å². The van der Waals surface area contributed by atoms with Gasteiger partial charge in [-0.2, -0.15) is 0 Å². The van der Waals surface area contributed by atoms with E-state index in [1.54, 1.807) is 24.3 Å². The second kappa shape index (κ2) is 12.0. The van der Waals surface area contributed by atoms with Gasteiger partial charge in [-0.1, -0.05) is 30.3 Å². The SMILES string of the molecule is CN(C)S(=O)(=O)c1ccc(OCCN(CCN)CCc2ccccc2)cc1.Cl. The molecule has 2 N–H and O–H groups in total. The third kappa shape index (κ3) is 7.41. The van der Waals surface area contributed by atoms with Crippen LogP contribution in [0.1, 0.15) is 5.56 Å². The monoisotopic (exact) mass is 427 g/mol. The Bertz CT molecular complexity index is 784. The number of ether oxygens (including phenoxy) is 1. The molecule has 0 saturated carbocycles. The summed E-state index contributed by atoms with van der Waals surface area (Å²) in [7, 11) is -0.383. The highest BCUT2D eigenvalue weighted by molar-refractivity contribution is 7.89. The summed E-state index contributed by atoms with van der Waals surface area (Å²) in [4.78, 5) is 2.53. The Morgan fingerprint density at radius 2 is 1.57 bits per heavy atom. The molecule has 28 heavy (non-hydrogen) atoms. The van der Waals surface area contributed by atoms with Crippen molar-refractivity contribution >= 4 is 22.4 Å². The fraction of sp³-hybridized carbons (Fsp3) is 0.400. The molecule has 0 radical (unpaired) electrons. The van der Waals surface area contributed by atoms with Crippen LogP contribution < -0.4 is 10.5 Å². The molecule has 2 rings (SSSR count). The average Bonchev–Trinajstić information content (AvgIpc) is 2.67. The molecule has 0 amide bonds. The zero-order chi connectivity index (χ0) is 19.7. The van der Waals surface area contributed by atoms with Crippen LogP contribution in [0.3, 0.4) is 0 Å². The number of rotatable bonds is 11. The molecule has 0 atom stereocenters. The summed E-state index contributed by atoms with van der Waals surface area (Å²) in [6.45, 7) is 3.63. The van der Waals surface area contributed by atoms with Gasteiger partial charge < -0.3 is 10.5 Å². The van der Waals surface area contributed by atoms with Gasteiger partial charge in [0.15, 0.2) is 0 Å². The van der Waals surface area contributed by atoms with Crippen molar-refractivity contribution in [3.05, 3.63) is 60.2 Å². The van der Waals surface area contributed by atoms with Crippen molar-refractivity contribution < 1.29 is 13.2 Å². The van der Waals surface area contributed by atoms with E-state index in [0.29, 0.717) is 18.9 Å². The van der Waals surface area contributed by atoms with Gasteiger partial charge in [0.05, 0.1) is 4.90 Å². The second-order valence-electron chi connectivity index (χ2n) is 6.47. The highest BCUT2D eigenvalue weighted by Crippen LogP contribution is 2.18. The van der Waals surface area contributed by atoms with Gasteiger partial charge in [-0.25, -0.2) is 12.7 Å². The summed E-state index contributed by atoms with van der Waals surface area (Å²) in [5.74, 6) is 0.656. The molecule has 0 fully saturated rings. The fourth-order valence-corrected chi connectivity index (χ4v) is 3.56. The molecule has 2 aromatic rings. The van der Waals surface area contributed by atoms with E-state index >= 15 is 0 Å². The van der Waals surface area contributed by atoms with Crippen molar-refractivity contribution in [3.8, 4) is 5.75 Å². The first-order valence-electron chi connectivity index (χ1n) is 9.05. The van der Waals surface area contributed by atoms with Crippen LogP contribution in [0.15, 0.2) is 59.5 Å². The molecule has 0 aliphatic heterocycles. The van der Waals surface area contributed by atoms with Crippen molar-refractivity contribution in [1.82, 2.24) is 9.21 Å². The topological polar surface area (TPSA) is 75.9 Å². The Hall–Kier alpha value is -1.64. The van der Waals surface area contributed by atoms with E-state index in [-0.39, 0.29) is 17.3 Å². The van der Waals surface area contributed by atoms with Crippen molar-refractivity contribution in [2.75, 3.05) is 46.9 Å². The quantitative estimate of drug-likeness (QED) is 0.595. The minimum absolute atomic E-state index is 0. The minimum atomic E-state index is -3.41. The number of hydrogen-bond acceptors (Lipinski definition) is 5. The number of halogens is 1. The van der Waals surface area contributed by atoms with E-state index in [1.165, 1.54) is 24.0 Å². The lowest BCUT2D eigenvalue weighted by molar-refractivity contribution is 0.214. The fourth-order valence-electron chi connectivity index (χ4n) is 2.66. The Balaban J connectivity index is 0.00000392. The van der Waals surface area contributed by atoms with Crippen LogP contribution >= 0.6 is 12.4 Å². The maximum Gasteiger partial charge on any atom is 0.242 e. The van der Waals surface area contributed by atoms with Crippen LogP contribution in [-0.2, 0) is 16.4 Å². The maximum atomic E-state index is 12.1. The van der Waals surface area contributed by atoms with Crippen molar-refractivity contribution in [2.24, 2.45) is 5.73 Å². The van der Waals surface area contributed by atoms with E-state index < -0.39 is 10.0 Å². The third-order valence-corrected chi connectivity index (χ3v) is 6.11. The molecule has 6 nitrogen and oxygen atoms in total. The van der Waals surface area contributed by atoms with Gasteiger partial charge in [0.1, 0.15) is 12.4 Å². The summed E-state index contributed by atoms with van der Waals surface area (Å²) in [5.41, 5.74) is 7.02. The van der Waals surface area contributed by atoms with E-state index in [0.717, 1.165) is 26.1 Å². The lowest BCUT2D eigenvalue weighted by atomic mass is 10.1. The van der Waals surface area contributed by atoms with Crippen molar-refractivity contribution in [1.29, 1.82) is 0 Å². The smallest absolute Gasteiger partial charge is 0.242 e. The largest absolute Gasteiger partial charge is 0.492 e. The summed E-state index contributed by atoms with van der Waals surface area (Å²) < 4.78 is 31.1. The average molecular weight is 428 g/mol. The number of nitrogens with zero attached hydrogens (tertiary/aromatic N) is 2. The number of sulfonamides is 1. The molecular weight excluding hydrogens is 398 g/mol. The second-order valence-corrected chi connectivity index (χ2v) is 8.63. The predicted molar refractivity (Wildman–Crippen MR) is 116 cm³/mol. The summed E-state index contributed by atoms with van der Waals surface area (Å²) in [5, 5.41) is 0. The highest BCUT2D eigenvalue weighted by atomic mass is 35.5. The molecule has 0 heterocycles. The summed E-state index contributed by atoms with van der Waals surface area (Å²) >= 11 is 0. The van der Waals surface area contributed by atoms with E-state index in [4.69, 9.17) is 10.5 Å². The van der Waals surface area contributed by atoms with Crippen LogP contribution in [-0.4, -0.2) is 64.5 Å². The van der Waals surface area contributed by atoms with Crippen LogP contribution in [0.5, 0.6) is 5.75 Å². The lowest BCUT2D eigenvalue weighted by Crippen LogP contribution is -2.34. The molecule has 156 valence electrons. The Labute approximate surface area is 174 Å². The number of nitrogens with two attached hydrogens (primary N) is 1. The highest BCUT2D eigenvalue weighted by Gasteiger charge is 2.16. The predicted octanol–water partition coefficient (Wildman–Crippen LogP) is 2.24. The van der Waals surface area contributed by atoms with Gasteiger partial charge in [-0.3, -0.25) is 4.90 Å². The van der Waals surface area contributed by atoms with Gasteiger partial charge >= 0.3 is 0 Å². The van der Waals surface area contributed by atoms with E-state index in [2.05, 4.69) is 17.0 Å². The summed E-state index contributed by atoms with van der Waals surface area (Å²) in [6.07, 6.45) is 0.970. The molecule has 8 heteroatoms. The molecule has 0 spiro atoms. The zero-order valence-corrected chi connectivity index (χ0v) is 18.1. The molecule has 0 unspecified atom stereocenters. The Morgan fingerprint density at radius 3 is 2.14 bits per heavy atom. The summed E-state index contributed by atoms with van der Waals surface area (Å²) in [6, 6.07) is 16.9. The van der Waals surface area contributed by atoms with Gasteiger partial charge in [0, 0.05) is 40.3 Å². The van der Waals surface area contributed by atoms with E-state index in [9.17, 15) is 8.42 Å². The maximum absolute atomic E-state index is 12.1. The van der Waals surface area contributed by atoms with Gasteiger partial charge in [0.25, 0.3) is 0 Å². The first-order valence-corrected chi connectivity index (χ1v) is 10.5. The van der Waals surface area contributed by atoms with Crippen LogP contribution in [0.2, 0.25) is 0 Å². The number of hydrogen-bond donors (Lipinski definition) is 1. The number of benzene rings is 2. The third-order valence-electron chi connectivity index (χ3n) is 4.28. The van der Waals surface area contributed by atoms with Crippen molar-refractivity contribution in [2.45, 2.75) is 11.3 Å². The Morgan fingerprint density at radius 1 is 0.929 bits per heavy atom. The first-order chi connectivity index (χ1) is 12.9. The molecular formula is C20H30ClN3O3S. The van der Waals surface area contributed by atoms with Crippen molar-refractivity contribution in [3.63, 3.8) is 0 Å². The van der Waals surface area contributed by atoms with Gasteiger partial charge in [-0.15, -0.1) is 12.4 Å². The molecule has 2 aromatic carbocycles. The molecule has 0 bridgehead atoms.